The van der Waals surface area contributed by atoms with Crippen LogP contribution < -0.4 is 0 Å². The molecule has 0 bridgehead atoms. The number of benzene rings is 2. The molecule has 1 amide bonds. The highest BCUT2D eigenvalue weighted by molar-refractivity contribution is 8.18. The van der Waals surface area contributed by atoms with Crippen LogP contribution in [0.1, 0.15) is 41.8 Å². The molecular formula is C23H24N2O3S. The first-order valence-electron chi connectivity index (χ1n) is 9.49. The zero-order valence-electron chi connectivity index (χ0n) is 17.0. The van der Waals surface area contributed by atoms with E-state index in [4.69, 9.17) is 9.73 Å². The van der Waals surface area contributed by atoms with Gasteiger partial charge < -0.3 is 4.74 Å². The highest BCUT2D eigenvalue weighted by Gasteiger charge is 2.36. The van der Waals surface area contributed by atoms with E-state index in [2.05, 4.69) is 6.92 Å². The van der Waals surface area contributed by atoms with Crippen LogP contribution in [0, 0.1) is 6.92 Å². The van der Waals surface area contributed by atoms with Crippen molar-refractivity contribution in [1.82, 2.24) is 4.90 Å². The zero-order valence-corrected chi connectivity index (χ0v) is 17.8. The van der Waals surface area contributed by atoms with Crippen LogP contribution in [0.3, 0.4) is 0 Å². The minimum absolute atomic E-state index is 0.0480. The van der Waals surface area contributed by atoms with Gasteiger partial charge in [0.15, 0.2) is 5.17 Å². The first-order valence-corrected chi connectivity index (χ1v) is 10.3. The Kier molecular flexibility index (Phi) is 6.54. The van der Waals surface area contributed by atoms with Crippen molar-refractivity contribution >= 4 is 40.6 Å². The predicted molar refractivity (Wildman–Crippen MR) is 118 cm³/mol. The van der Waals surface area contributed by atoms with Crippen LogP contribution >= 0.6 is 11.8 Å². The fourth-order valence-corrected chi connectivity index (χ4v) is 3.94. The Labute approximate surface area is 175 Å². The summed E-state index contributed by atoms with van der Waals surface area (Å²) in [6.45, 7) is 6.11. The summed E-state index contributed by atoms with van der Waals surface area (Å²) in [5.41, 5.74) is 3.30. The number of hydrogen-bond acceptors (Lipinski definition) is 5. The maximum absolute atomic E-state index is 13.1. The number of ether oxygens (including phenoxy) is 1. The molecule has 150 valence electrons. The average Bonchev–Trinajstić information content (AvgIpc) is 3.03. The Hall–Kier alpha value is -2.86. The lowest BCUT2D eigenvalue weighted by Crippen LogP contribution is -2.36. The summed E-state index contributed by atoms with van der Waals surface area (Å²) in [5.74, 6) is -0.432. The summed E-state index contributed by atoms with van der Waals surface area (Å²) in [6.07, 6.45) is 2.67. The van der Waals surface area contributed by atoms with E-state index in [1.165, 1.54) is 24.4 Å². The minimum Gasteiger partial charge on any atom is -0.465 e. The van der Waals surface area contributed by atoms with E-state index in [9.17, 15) is 9.59 Å². The molecule has 1 fully saturated rings. The highest BCUT2D eigenvalue weighted by Crippen LogP contribution is 2.36. The molecule has 1 aliphatic rings. The van der Waals surface area contributed by atoms with Gasteiger partial charge in [0, 0.05) is 6.04 Å². The first-order chi connectivity index (χ1) is 13.9. The number of amidine groups is 1. The van der Waals surface area contributed by atoms with E-state index in [1.54, 1.807) is 29.2 Å². The number of nitrogens with zero attached hydrogens (tertiary/aromatic N) is 2. The smallest absolute Gasteiger partial charge is 0.337 e. The van der Waals surface area contributed by atoms with E-state index < -0.39 is 0 Å². The number of rotatable bonds is 5. The van der Waals surface area contributed by atoms with E-state index in [0.717, 1.165) is 17.7 Å². The zero-order chi connectivity index (χ0) is 21.0. The fourth-order valence-electron chi connectivity index (χ4n) is 2.85. The Morgan fingerprint density at radius 2 is 1.83 bits per heavy atom. The number of esters is 1. The van der Waals surface area contributed by atoms with Crippen molar-refractivity contribution in [3.63, 3.8) is 0 Å². The van der Waals surface area contributed by atoms with E-state index in [-0.39, 0.29) is 17.9 Å². The van der Waals surface area contributed by atoms with Crippen molar-refractivity contribution < 1.29 is 14.3 Å². The van der Waals surface area contributed by atoms with Crippen LogP contribution in [0.4, 0.5) is 5.69 Å². The van der Waals surface area contributed by atoms with Gasteiger partial charge in [0.05, 0.1) is 23.3 Å². The Morgan fingerprint density at radius 3 is 2.41 bits per heavy atom. The van der Waals surface area contributed by atoms with Crippen molar-refractivity contribution in [3.8, 4) is 0 Å². The van der Waals surface area contributed by atoms with E-state index in [0.29, 0.717) is 15.6 Å². The third-order valence-electron chi connectivity index (χ3n) is 4.76. The second-order valence-electron chi connectivity index (χ2n) is 6.89. The Bertz CT molecular complexity index is 963. The van der Waals surface area contributed by atoms with E-state index >= 15 is 0 Å². The molecule has 0 aromatic heterocycles. The number of thioether (sulfide) groups is 1. The second-order valence-corrected chi connectivity index (χ2v) is 7.90. The molecular weight excluding hydrogens is 384 g/mol. The summed E-state index contributed by atoms with van der Waals surface area (Å²) in [4.78, 5) is 31.8. The third kappa shape index (κ3) is 4.77. The monoisotopic (exact) mass is 408 g/mol. The number of aryl methyl sites for hydroxylation is 1. The lowest BCUT2D eigenvalue weighted by Gasteiger charge is -2.22. The molecule has 0 N–H and O–H groups in total. The largest absolute Gasteiger partial charge is 0.465 e. The van der Waals surface area contributed by atoms with Gasteiger partial charge in [0.2, 0.25) is 0 Å². The molecule has 2 aromatic rings. The van der Waals surface area contributed by atoms with Crippen molar-refractivity contribution in [2.75, 3.05) is 7.11 Å². The lowest BCUT2D eigenvalue weighted by atomic mass is 10.1. The van der Waals surface area contributed by atoms with Crippen molar-refractivity contribution in [3.05, 3.63) is 70.1 Å². The van der Waals surface area contributed by atoms with Gasteiger partial charge in [-0.1, -0.05) is 36.8 Å². The number of methoxy groups -OCH3 is 1. The van der Waals surface area contributed by atoms with E-state index in [1.807, 2.05) is 44.2 Å². The molecule has 0 saturated carbocycles. The van der Waals surface area contributed by atoms with Gasteiger partial charge in [-0.05, 0) is 67.9 Å². The van der Waals surface area contributed by atoms with Crippen LogP contribution in [-0.2, 0) is 9.53 Å². The molecule has 0 radical (unpaired) electrons. The quantitative estimate of drug-likeness (QED) is 0.505. The molecule has 1 atom stereocenters. The number of amides is 1. The predicted octanol–water partition coefficient (Wildman–Crippen LogP) is 5.18. The molecule has 3 rings (SSSR count). The number of hydrogen-bond donors (Lipinski definition) is 0. The van der Waals surface area contributed by atoms with Gasteiger partial charge in [0.25, 0.3) is 5.91 Å². The summed E-state index contributed by atoms with van der Waals surface area (Å²) < 4.78 is 4.72. The van der Waals surface area contributed by atoms with Gasteiger partial charge in [-0.15, -0.1) is 0 Å². The number of carbonyl (C=O) groups is 2. The Balaban J connectivity index is 1.92. The fraction of sp³-hybridized carbons (Fsp3) is 0.261. The Morgan fingerprint density at radius 1 is 1.17 bits per heavy atom. The summed E-state index contributed by atoms with van der Waals surface area (Å²) in [7, 11) is 1.35. The molecule has 1 aliphatic heterocycles. The topological polar surface area (TPSA) is 59.0 Å². The summed E-state index contributed by atoms with van der Waals surface area (Å²) in [5, 5.41) is 0.686. The van der Waals surface area contributed by atoms with Crippen LogP contribution in [0.2, 0.25) is 0 Å². The van der Waals surface area contributed by atoms with Gasteiger partial charge in [-0.25, -0.2) is 9.79 Å². The molecule has 29 heavy (non-hydrogen) atoms. The van der Waals surface area contributed by atoms with Crippen molar-refractivity contribution in [2.24, 2.45) is 4.99 Å². The second kappa shape index (κ2) is 9.09. The van der Waals surface area contributed by atoms with Crippen LogP contribution in [0.15, 0.2) is 58.4 Å². The molecule has 0 unspecified atom stereocenters. The molecule has 1 heterocycles. The van der Waals surface area contributed by atoms with Gasteiger partial charge in [-0.2, -0.15) is 0 Å². The maximum atomic E-state index is 13.1. The third-order valence-corrected chi connectivity index (χ3v) is 5.74. The lowest BCUT2D eigenvalue weighted by molar-refractivity contribution is -0.123. The summed E-state index contributed by atoms with van der Waals surface area (Å²) in [6, 6.07) is 15.0. The molecule has 2 aromatic carbocycles. The normalized spacial score (nSPS) is 17.8. The highest BCUT2D eigenvalue weighted by atomic mass is 32.2. The van der Waals surface area contributed by atoms with Crippen molar-refractivity contribution in [2.45, 2.75) is 33.2 Å². The van der Waals surface area contributed by atoms with Gasteiger partial charge in [0.1, 0.15) is 0 Å². The summed E-state index contributed by atoms with van der Waals surface area (Å²) >= 11 is 1.38. The van der Waals surface area contributed by atoms with Crippen LogP contribution in [0.5, 0.6) is 0 Å². The average molecular weight is 409 g/mol. The van der Waals surface area contributed by atoms with Gasteiger partial charge >= 0.3 is 5.97 Å². The SMILES string of the molecule is CC[C@@H](C)N1C(=O)/C(=C\c2ccc(C(=O)OC)cc2)SC1=Nc1ccc(C)cc1. The van der Waals surface area contributed by atoms with Gasteiger partial charge in [-0.3, -0.25) is 9.69 Å². The molecule has 0 aliphatic carbocycles. The first kappa shape index (κ1) is 20.9. The van der Waals surface area contributed by atoms with Crippen molar-refractivity contribution in [1.29, 1.82) is 0 Å². The van der Waals surface area contributed by atoms with Crippen LogP contribution in [-0.4, -0.2) is 35.1 Å². The molecule has 6 heteroatoms. The molecule has 0 spiro atoms. The molecule has 5 nitrogen and oxygen atoms in total. The minimum atomic E-state index is -0.383. The molecule has 1 saturated heterocycles. The van der Waals surface area contributed by atoms with Crippen LogP contribution in [0.25, 0.3) is 6.08 Å². The maximum Gasteiger partial charge on any atom is 0.337 e. The standard InChI is InChI=1S/C23H24N2O3S/c1-5-16(3)25-21(26)20(14-17-8-10-18(11-9-17)22(27)28-4)29-23(25)24-19-12-6-15(2)7-13-19/h6-14,16H,5H2,1-4H3/b20-14+,24-23?/t16-/m1/s1. The number of aliphatic imine (C=N–C) groups is 1. The number of carbonyl (C=O) groups excluding carboxylic acids is 2.